The molecular formula is C12H21NO4S. The number of thioether (sulfide) groups is 1. The van der Waals surface area contributed by atoms with Crippen molar-refractivity contribution in [2.45, 2.75) is 57.7 Å². The average molecular weight is 275 g/mol. The summed E-state index contributed by atoms with van der Waals surface area (Å²) in [4.78, 5) is 33.2. The van der Waals surface area contributed by atoms with Crippen LogP contribution in [0.4, 0.5) is 0 Å². The fraction of sp³-hybridized carbons (Fsp3) is 0.750. The molecule has 6 heteroatoms. The molecule has 0 aliphatic heterocycles. The monoisotopic (exact) mass is 275 g/mol. The van der Waals surface area contributed by atoms with Crippen molar-refractivity contribution in [1.29, 1.82) is 0 Å². The van der Waals surface area contributed by atoms with Gasteiger partial charge in [0.2, 0.25) is 5.91 Å². The van der Waals surface area contributed by atoms with E-state index in [0.717, 1.165) is 11.8 Å². The Morgan fingerprint density at radius 2 is 1.61 bits per heavy atom. The SMILES string of the molecule is CC(=O)NC(C)(C)C(C)(C)SC(=O)CCC(=O)O. The number of carbonyl (C=O) groups excluding carboxylic acids is 2. The lowest BCUT2D eigenvalue weighted by atomic mass is 9.89. The van der Waals surface area contributed by atoms with Gasteiger partial charge in [-0.05, 0) is 27.7 Å². The Morgan fingerprint density at radius 1 is 1.11 bits per heavy atom. The summed E-state index contributed by atoms with van der Waals surface area (Å²) in [5.41, 5.74) is -0.567. The summed E-state index contributed by atoms with van der Waals surface area (Å²) < 4.78 is -0.520. The van der Waals surface area contributed by atoms with E-state index < -0.39 is 16.3 Å². The lowest BCUT2D eigenvalue weighted by Crippen LogP contribution is -2.56. The normalized spacial score (nSPS) is 12.1. The number of nitrogens with one attached hydrogen (secondary N) is 1. The predicted molar refractivity (Wildman–Crippen MR) is 71.4 cm³/mol. The van der Waals surface area contributed by atoms with Gasteiger partial charge in [0.25, 0.3) is 0 Å². The van der Waals surface area contributed by atoms with Crippen molar-refractivity contribution in [2.75, 3.05) is 0 Å². The Kier molecular flexibility index (Phi) is 5.86. The van der Waals surface area contributed by atoms with Gasteiger partial charge in [-0.1, -0.05) is 11.8 Å². The maximum atomic E-state index is 11.7. The van der Waals surface area contributed by atoms with Crippen LogP contribution in [0.3, 0.4) is 0 Å². The molecule has 2 N–H and O–H groups in total. The minimum absolute atomic E-state index is 0.000415. The number of carboxylic acid groups (broad SMARTS) is 1. The first-order chi connectivity index (χ1) is 7.98. The van der Waals surface area contributed by atoms with E-state index in [-0.39, 0.29) is 23.9 Å². The first-order valence-corrected chi connectivity index (χ1v) is 6.52. The van der Waals surface area contributed by atoms with Crippen LogP contribution in [-0.4, -0.2) is 32.4 Å². The number of carbonyl (C=O) groups is 3. The molecule has 0 fully saturated rings. The Hall–Kier alpha value is -1.04. The van der Waals surface area contributed by atoms with E-state index >= 15 is 0 Å². The second-order valence-electron chi connectivity index (χ2n) is 5.18. The van der Waals surface area contributed by atoms with Crippen molar-refractivity contribution in [1.82, 2.24) is 5.32 Å². The van der Waals surface area contributed by atoms with Crippen molar-refractivity contribution < 1.29 is 19.5 Å². The van der Waals surface area contributed by atoms with Crippen molar-refractivity contribution in [3.63, 3.8) is 0 Å². The van der Waals surface area contributed by atoms with Crippen LogP contribution in [0.2, 0.25) is 0 Å². The largest absolute Gasteiger partial charge is 0.481 e. The van der Waals surface area contributed by atoms with Crippen molar-refractivity contribution in [2.24, 2.45) is 0 Å². The van der Waals surface area contributed by atoms with Crippen LogP contribution in [-0.2, 0) is 14.4 Å². The zero-order valence-corrected chi connectivity index (χ0v) is 12.3. The molecule has 0 unspecified atom stereocenters. The molecule has 0 atom stereocenters. The van der Waals surface area contributed by atoms with E-state index in [1.807, 2.05) is 27.7 Å². The van der Waals surface area contributed by atoms with Crippen molar-refractivity contribution in [3.05, 3.63) is 0 Å². The smallest absolute Gasteiger partial charge is 0.303 e. The summed E-state index contributed by atoms with van der Waals surface area (Å²) in [5.74, 6) is -1.14. The molecule has 0 aliphatic carbocycles. The van der Waals surface area contributed by atoms with Gasteiger partial charge in [-0.3, -0.25) is 14.4 Å². The van der Waals surface area contributed by atoms with Gasteiger partial charge >= 0.3 is 5.97 Å². The van der Waals surface area contributed by atoms with E-state index in [2.05, 4.69) is 5.32 Å². The number of hydrogen-bond acceptors (Lipinski definition) is 4. The summed E-state index contributed by atoms with van der Waals surface area (Å²) in [5, 5.41) is 11.1. The second-order valence-corrected chi connectivity index (χ2v) is 6.86. The van der Waals surface area contributed by atoms with Crippen LogP contribution < -0.4 is 5.32 Å². The number of hydrogen-bond donors (Lipinski definition) is 2. The van der Waals surface area contributed by atoms with Crippen LogP contribution in [0.15, 0.2) is 0 Å². The second kappa shape index (κ2) is 6.22. The molecule has 0 saturated heterocycles. The van der Waals surface area contributed by atoms with Crippen LogP contribution in [0.1, 0.15) is 47.5 Å². The van der Waals surface area contributed by atoms with Gasteiger partial charge in [-0.25, -0.2) is 0 Å². The molecule has 104 valence electrons. The number of rotatable bonds is 6. The third-order valence-electron chi connectivity index (χ3n) is 2.91. The van der Waals surface area contributed by atoms with E-state index in [1.165, 1.54) is 6.92 Å². The zero-order valence-electron chi connectivity index (χ0n) is 11.5. The summed E-state index contributed by atoms with van der Waals surface area (Å²) in [7, 11) is 0. The Labute approximate surface area is 112 Å². The van der Waals surface area contributed by atoms with Gasteiger partial charge in [-0.15, -0.1) is 0 Å². The highest BCUT2D eigenvalue weighted by atomic mass is 32.2. The standard InChI is InChI=1S/C12H21NO4S/c1-8(14)13-11(2,3)12(4,5)18-10(17)7-6-9(15)16/h6-7H2,1-5H3,(H,13,14)(H,15,16). The van der Waals surface area contributed by atoms with E-state index in [0.29, 0.717) is 0 Å². The lowest BCUT2D eigenvalue weighted by molar-refractivity contribution is -0.138. The predicted octanol–water partition coefficient (Wildman–Crippen LogP) is 1.80. The molecule has 0 heterocycles. The molecule has 0 bridgehead atoms. The fourth-order valence-electron chi connectivity index (χ4n) is 1.26. The van der Waals surface area contributed by atoms with Gasteiger partial charge in [0.05, 0.1) is 6.42 Å². The van der Waals surface area contributed by atoms with Gasteiger partial charge in [0, 0.05) is 23.6 Å². The van der Waals surface area contributed by atoms with E-state index in [9.17, 15) is 14.4 Å². The summed E-state index contributed by atoms with van der Waals surface area (Å²) in [6, 6.07) is 0. The van der Waals surface area contributed by atoms with Gasteiger partial charge in [-0.2, -0.15) is 0 Å². The molecule has 0 spiro atoms. The number of amides is 1. The highest BCUT2D eigenvalue weighted by Crippen LogP contribution is 2.36. The van der Waals surface area contributed by atoms with Crippen LogP contribution in [0.5, 0.6) is 0 Å². The lowest BCUT2D eigenvalue weighted by Gasteiger charge is -2.40. The maximum Gasteiger partial charge on any atom is 0.303 e. The van der Waals surface area contributed by atoms with E-state index in [1.54, 1.807) is 0 Å². The number of carboxylic acids is 1. The molecule has 0 aliphatic rings. The average Bonchev–Trinajstić information content (AvgIpc) is 2.11. The van der Waals surface area contributed by atoms with Crippen molar-refractivity contribution >= 4 is 28.8 Å². The molecule has 1 amide bonds. The molecule has 0 aromatic rings. The third kappa shape index (κ3) is 5.53. The molecule has 0 aromatic heterocycles. The highest BCUT2D eigenvalue weighted by molar-refractivity contribution is 8.14. The Morgan fingerprint density at radius 3 is 2.00 bits per heavy atom. The minimum Gasteiger partial charge on any atom is -0.481 e. The first-order valence-electron chi connectivity index (χ1n) is 5.70. The molecule has 0 saturated carbocycles. The van der Waals surface area contributed by atoms with Gasteiger partial charge in [0.1, 0.15) is 0 Å². The van der Waals surface area contributed by atoms with Crippen LogP contribution in [0.25, 0.3) is 0 Å². The van der Waals surface area contributed by atoms with Gasteiger partial charge < -0.3 is 10.4 Å². The summed E-state index contributed by atoms with van der Waals surface area (Å²) in [6.07, 6.45) is -0.165. The summed E-state index contributed by atoms with van der Waals surface area (Å²) >= 11 is 1.08. The zero-order chi connectivity index (χ0) is 14.6. The molecule has 18 heavy (non-hydrogen) atoms. The third-order valence-corrected chi connectivity index (χ3v) is 4.36. The Balaban J connectivity index is 4.58. The fourth-order valence-corrected chi connectivity index (χ4v) is 2.34. The molecule has 0 aromatic carbocycles. The van der Waals surface area contributed by atoms with Crippen LogP contribution in [0, 0.1) is 0 Å². The highest BCUT2D eigenvalue weighted by Gasteiger charge is 2.40. The number of aliphatic carboxylic acids is 1. The molecule has 0 radical (unpaired) electrons. The molecular weight excluding hydrogens is 254 g/mol. The Bertz CT molecular complexity index is 350. The summed E-state index contributed by atoms with van der Waals surface area (Å²) in [6.45, 7) is 8.81. The van der Waals surface area contributed by atoms with Gasteiger partial charge in [0.15, 0.2) is 5.12 Å². The maximum absolute atomic E-state index is 11.7. The van der Waals surface area contributed by atoms with Crippen molar-refractivity contribution in [3.8, 4) is 0 Å². The quantitative estimate of drug-likeness (QED) is 0.772. The molecule has 5 nitrogen and oxygen atoms in total. The van der Waals surface area contributed by atoms with Crippen LogP contribution >= 0.6 is 11.8 Å². The minimum atomic E-state index is -0.983. The first kappa shape index (κ1) is 17.0. The topological polar surface area (TPSA) is 83.5 Å². The van der Waals surface area contributed by atoms with E-state index in [4.69, 9.17) is 5.11 Å². The molecule has 0 rings (SSSR count).